The van der Waals surface area contributed by atoms with Gasteiger partial charge in [-0.15, -0.1) is 5.10 Å². The summed E-state index contributed by atoms with van der Waals surface area (Å²) in [4.78, 5) is 33.3. The van der Waals surface area contributed by atoms with Gasteiger partial charge in [-0.25, -0.2) is 19.0 Å². The Bertz CT molecular complexity index is 1310. The molecule has 0 atom stereocenters. The predicted octanol–water partition coefficient (Wildman–Crippen LogP) is 2.66. The third-order valence-electron chi connectivity index (χ3n) is 4.68. The van der Waals surface area contributed by atoms with Crippen molar-refractivity contribution in [1.82, 2.24) is 29.4 Å². The summed E-state index contributed by atoms with van der Waals surface area (Å²) in [6.07, 6.45) is 1.47. The third-order valence-corrected chi connectivity index (χ3v) is 4.68. The van der Waals surface area contributed by atoms with Crippen molar-refractivity contribution in [2.24, 2.45) is 0 Å². The first-order valence-electron chi connectivity index (χ1n) is 9.72. The second-order valence-electron chi connectivity index (χ2n) is 6.97. The summed E-state index contributed by atoms with van der Waals surface area (Å²) in [5.41, 5.74) is 3.89. The SMILES string of the molecule is CCOC(=O)c1cnn(-c2cccc(NC(=O)c3nc4nc(C)cc(C)n4n3)c2)c1C. The number of carbonyl (C=O) groups excluding carboxylic acids is 2. The second kappa shape index (κ2) is 7.98. The van der Waals surface area contributed by atoms with Crippen LogP contribution in [-0.2, 0) is 4.74 Å². The minimum Gasteiger partial charge on any atom is -0.462 e. The molecule has 1 aromatic carbocycles. The van der Waals surface area contributed by atoms with Crippen LogP contribution in [0, 0.1) is 20.8 Å². The van der Waals surface area contributed by atoms with Gasteiger partial charge in [0.2, 0.25) is 5.82 Å². The van der Waals surface area contributed by atoms with Crippen molar-refractivity contribution in [2.45, 2.75) is 27.7 Å². The summed E-state index contributed by atoms with van der Waals surface area (Å²) < 4.78 is 8.20. The van der Waals surface area contributed by atoms with Crippen molar-refractivity contribution >= 4 is 23.3 Å². The smallest absolute Gasteiger partial charge is 0.341 e. The number of fused-ring (bicyclic) bond motifs is 1. The molecule has 0 aliphatic heterocycles. The van der Waals surface area contributed by atoms with E-state index in [9.17, 15) is 9.59 Å². The zero-order chi connectivity index (χ0) is 22.1. The van der Waals surface area contributed by atoms with Crippen molar-refractivity contribution in [3.8, 4) is 5.69 Å². The summed E-state index contributed by atoms with van der Waals surface area (Å²) in [6.45, 7) is 7.55. The first-order chi connectivity index (χ1) is 14.9. The lowest BCUT2D eigenvalue weighted by Gasteiger charge is -2.08. The zero-order valence-corrected chi connectivity index (χ0v) is 17.6. The van der Waals surface area contributed by atoms with E-state index in [0.717, 1.165) is 11.4 Å². The van der Waals surface area contributed by atoms with Gasteiger partial charge in [-0.05, 0) is 52.0 Å². The van der Waals surface area contributed by atoms with Gasteiger partial charge in [0, 0.05) is 17.1 Å². The average molecular weight is 419 g/mol. The molecule has 0 radical (unpaired) electrons. The van der Waals surface area contributed by atoms with Gasteiger partial charge in [0.15, 0.2) is 0 Å². The molecule has 158 valence electrons. The highest BCUT2D eigenvalue weighted by atomic mass is 16.5. The average Bonchev–Trinajstić information content (AvgIpc) is 3.32. The lowest BCUT2D eigenvalue weighted by molar-refractivity contribution is 0.0525. The van der Waals surface area contributed by atoms with E-state index in [1.807, 2.05) is 26.0 Å². The van der Waals surface area contributed by atoms with Gasteiger partial charge in [-0.3, -0.25) is 4.79 Å². The standard InChI is InChI=1S/C21H21N7O3/c1-5-31-20(30)17-11-22-28(14(17)4)16-8-6-7-15(10-16)24-19(29)18-25-21-23-12(2)9-13(3)27(21)26-18/h6-11H,5H2,1-4H3,(H,24,29). The first-order valence-corrected chi connectivity index (χ1v) is 9.72. The van der Waals surface area contributed by atoms with Crippen LogP contribution >= 0.6 is 0 Å². The van der Waals surface area contributed by atoms with E-state index in [-0.39, 0.29) is 12.4 Å². The van der Waals surface area contributed by atoms with Crippen LogP contribution in [0.15, 0.2) is 36.5 Å². The summed E-state index contributed by atoms with van der Waals surface area (Å²) in [7, 11) is 0. The normalized spacial score (nSPS) is 11.0. The fourth-order valence-corrected chi connectivity index (χ4v) is 3.24. The fraction of sp³-hybridized carbons (Fsp3) is 0.238. The van der Waals surface area contributed by atoms with Crippen LogP contribution in [0.4, 0.5) is 5.69 Å². The molecule has 0 aliphatic rings. The Balaban J connectivity index is 1.59. The Labute approximate surface area is 177 Å². The molecule has 0 fully saturated rings. The number of hydrogen-bond donors (Lipinski definition) is 1. The van der Waals surface area contributed by atoms with E-state index in [2.05, 4.69) is 25.5 Å². The third kappa shape index (κ3) is 3.87. The molecule has 3 aromatic heterocycles. The molecule has 1 N–H and O–H groups in total. The second-order valence-corrected chi connectivity index (χ2v) is 6.97. The first kappa shape index (κ1) is 20.2. The highest BCUT2D eigenvalue weighted by Gasteiger charge is 2.18. The van der Waals surface area contributed by atoms with Gasteiger partial charge in [-0.2, -0.15) is 10.1 Å². The summed E-state index contributed by atoms with van der Waals surface area (Å²) in [6, 6.07) is 8.96. The maximum absolute atomic E-state index is 12.7. The number of aromatic nitrogens is 6. The topological polar surface area (TPSA) is 116 Å². The van der Waals surface area contributed by atoms with Gasteiger partial charge in [-0.1, -0.05) is 6.07 Å². The molecule has 0 unspecified atom stereocenters. The highest BCUT2D eigenvalue weighted by Crippen LogP contribution is 2.19. The molecule has 0 saturated heterocycles. The minimum absolute atomic E-state index is 0.0199. The van der Waals surface area contributed by atoms with Crippen molar-refractivity contribution in [3.05, 3.63) is 65.0 Å². The van der Waals surface area contributed by atoms with Gasteiger partial charge in [0.25, 0.3) is 11.7 Å². The molecule has 0 saturated carbocycles. The molecule has 4 rings (SSSR count). The summed E-state index contributed by atoms with van der Waals surface area (Å²) in [5.74, 6) is -0.488. The molecule has 0 aliphatic carbocycles. The van der Waals surface area contributed by atoms with Gasteiger partial charge >= 0.3 is 5.97 Å². The van der Waals surface area contributed by atoms with Crippen molar-refractivity contribution in [3.63, 3.8) is 0 Å². The molecular weight excluding hydrogens is 398 g/mol. The Kier molecular flexibility index (Phi) is 5.20. The molecule has 31 heavy (non-hydrogen) atoms. The highest BCUT2D eigenvalue weighted by molar-refractivity contribution is 6.01. The summed E-state index contributed by atoms with van der Waals surface area (Å²) in [5, 5.41) is 11.3. The van der Waals surface area contributed by atoms with Gasteiger partial charge in [0.1, 0.15) is 5.56 Å². The largest absolute Gasteiger partial charge is 0.462 e. The van der Waals surface area contributed by atoms with Crippen LogP contribution in [0.3, 0.4) is 0 Å². The molecule has 0 bridgehead atoms. The Hall–Kier alpha value is -4.08. The molecule has 3 heterocycles. The number of rotatable bonds is 5. The van der Waals surface area contributed by atoms with Crippen LogP contribution < -0.4 is 5.32 Å². The van der Waals surface area contributed by atoms with Crippen LogP contribution in [0.2, 0.25) is 0 Å². The van der Waals surface area contributed by atoms with Crippen molar-refractivity contribution in [2.75, 3.05) is 11.9 Å². The number of ether oxygens (including phenoxy) is 1. The number of esters is 1. The molecule has 0 spiro atoms. The monoisotopic (exact) mass is 419 g/mol. The van der Waals surface area contributed by atoms with E-state index >= 15 is 0 Å². The van der Waals surface area contributed by atoms with Crippen LogP contribution in [-0.4, -0.2) is 47.8 Å². The number of amides is 1. The minimum atomic E-state index is -0.455. The Morgan fingerprint density at radius 3 is 2.71 bits per heavy atom. The van der Waals surface area contributed by atoms with Crippen LogP contribution in [0.1, 0.15) is 45.0 Å². The number of aryl methyl sites for hydroxylation is 2. The maximum Gasteiger partial charge on any atom is 0.341 e. The van der Waals surface area contributed by atoms with E-state index in [4.69, 9.17) is 4.74 Å². The van der Waals surface area contributed by atoms with Gasteiger partial charge in [0.05, 0.1) is 24.2 Å². The predicted molar refractivity (Wildman–Crippen MR) is 112 cm³/mol. The number of hydrogen-bond acceptors (Lipinski definition) is 7. The van der Waals surface area contributed by atoms with Crippen molar-refractivity contribution in [1.29, 1.82) is 0 Å². The van der Waals surface area contributed by atoms with E-state index < -0.39 is 11.9 Å². The molecular formula is C21H21N7O3. The number of benzene rings is 1. The molecule has 10 heteroatoms. The van der Waals surface area contributed by atoms with Gasteiger partial charge < -0.3 is 10.1 Å². The molecule has 1 amide bonds. The van der Waals surface area contributed by atoms with E-state index in [0.29, 0.717) is 28.4 Å². The van der Waals surface area contributed by atoms with Crippen LogP contribution in [0.25, 0.3) is 11.5 Å². The lowest BCUT2D eigenvalue weighted by atomic mass is 10.2. The molecule has 10 nitrogen and oxygen atoms in total. The van der Waals surface area contributed by atoms with Crippen LogP contribution in [0.5, 0.6) is 0 Å². The molecule has 4 aromatic rings. The number of nitrogens with zero attached hydrogens (tertiary/aromatic N) is 6. The fourth-order valence-electron chi connectivity index (χ4n) is 3.24. The zero-order valence-electron chi connectivity index (χ0n) is 17.6. The maximum atomic E-state index is 12.7. The lowest BCUT2D eigenvalue weighted by Crippen LogP contribution is -2.14. The quantitative estimate of drug-likeness (QED) is 0.494. The Morgan fingerprint density at radius 1 is 1.13 bits per heavy atom. The van der Waals surface area contributed by atoms with E-state index in [1.165, 1.54) is 10.7 Å². The number of nitrogens with one attached hydrogen (secondary N) is 1. The van der Waals surface area contributed by atoms with E-state index in [1.54, 1.807) is 36.7 Å². The summed E-state index contributed by atoms with van der Waals surface area (Å²) >= 11 is 0. The van der Waals surface area contributed by atoms with Crippen molar-refractivity contribution < 1.29 is 14.3 Å². The number of carbonyl (C=O) groups is 2. The Morgan fingerprint density at radius 2 is 1.94 bits per heavy atom. The number of anilines is 1.